The second-order valence-corrected chi connectivity index (χ2v) is 2.07. The highest BCUT2D eigenvalue weighted by Crippen LogP contribution is 2.20. The van der Waals surface area contributed by atoms with Crippen LogP contribution < -0.4 is 0 Å². The number of halogens is 2. The van der Waals surface area contributed by atoms with E-state index in [4.69, 9.17) is 0 Å². The van der Waals surface area contributed by atoms with Crippen molar-refractivity contribution >= 4 is 6.29 Å². The lowest BCUT2D eigenvalue weighted by Gasteiger charge is -2.08. The van der Waals surface area contributed by atoms with Gasteiger partial charge in [0.05, 0.1) is 0 Å². The highest BCUT2D eigenvalue weighted by molar-refractivity contribution is 5.76. The van der Waals surface area contributed by atoms with Crippen LogP contribution in [-0.2, 0) is 4.79 Å². The minimum Gasteiger partial charge on any atom is -0.298 e. The lowest BCUT2D eigenvalue weighted by Crippen LogP contribution is -2.08. The van der Waals surface area contributed by atoms with E-state index in [0.717, 1.165) is 12.2 Å². The Hall–Kier alpha value is -0.990. The standard InChI is InChI=1S/C7H6F2O/c8-6-2-1-5(4-10)7(9)3-6/h1-2,4,7H,3H2. The molecule has 0 heterocycles. The molecule has 1 unspecified atom stereocenters. The lowest BCUT2D eigenvalue weighted by molar-refractivity contribution is -0.105. The maximum absolute atomic E-state index is 12.5. The van der Waals surface area contributed by atoms with Gasteiger partial charge in [0.2, 0.25) is 0 Å². The summed E-state index contributed by atoms with van der Waals surface area (Å²) in [5.74, 6) is -0.516. The Morgan fingerprint density at radius 1 is 1.60 bits per heavy atom. The minimum absolute atomic E-state index is 0.0152. The first-order valence-electron chi connectivity index (χ1n) is 2.89. The summed E-state index contributed by atoms with van der Waals surface area (Å²) < 4.78 is 24.7. The van der Waals surface area contributed by atoms with Gasteiger partial charge in [0, 0.05) is 12.0 Å². The van der Waals surface area contributed by atoms with E-state index in [9.17, 15) is 13.6 Å². The zero-order chi connectivity index (χ0) is 7.56. The third kappa shape index (κ3) is 1.29. The molecule has 3 heteroatoms. The van der Waals surface area contributed by atoms with Gasteiger partial charge in [0.1, 0.15) is 18.3 Å². The molecular weight excluding hydrogens is 138 g/mol. The van der Waals surface area contributed by atoms with Crippen LogP contribution in [0.5, 0.6) is 0 Å². The topological polar surface area (TPSA) is 17.1 Å². The molecule has 0 bridgehead atoms. The van der Waals surface area contributed by atoms with Crippen molar-refractivity contribution in [2.45, 2.75) is 12.6 Å². The van der Waals surface area contributed by atoms with Crippen molar-refractivity contribution in [2.75, 3.05) is 0 Å². The Bertz CT molecular complexity index is 206. The minimum atomic E-state index is -1.46. The van der Waals surface area contributed by atoms with E-state index < -0.39 is 12.0 Å². The molecule has 10 heavy (non-hydrogen) atoms. The fourth-order valence-corrected chi connectivity index (χ4v) is 0.761. The Labute approximate surface area is 57.0 Å². The SMILES string of the molecule is O=CC1=CC=C(F)CC1F. The summed E-state index contributed by atoms with van der Waals surface area (Å²) in [4.78, 5) is 10.0. The van der Waals surface area contributed by atoms with Crippen molar-refractivity contribution in [1.82, 2.24) is 0 Å². The molecule has 1 nitrogen and oxygen atoms in total. The first-order chi connectivity index (χ1) is 4.74. The van der Waals surface area contributed by atoms with Crippen molar-refractivity contribution in [3.8, 4) is 0 Å². The molecule has 0 aromatic rings. The Kier molecular flexibility index (Phi) is 1.94. The summed E-state index contributed by atoms with van der Waals surface area (Å²) in [5, 5.41) is 0. The Morgan fingerprint density at radius 2 is 2.30 bits per heavy atom. The van der Waals surface area contributed by atoms with Crippen molar-refractivity contribution in [3.05, 3.63) is 23.6 Å². The number of hydrogen-bond donors (Lipinski definition) is 0. The molecule has 1 aliphatic rings. The summed E-state index contributed by atoms with van der Waals surface area (Å²) in [6.07, 6.45) is 0.927. The van der Waals surface area contributed by atoms with Gasteiger partial charge in [0.15, 0.2) is 0 Å². The van der Waals surface area contributed by atoms with Crippen LogP contribution in [0.25, 0.3) is 0 Å². The Balaban J connectivity index is 2.81. The largest absolute Gasteiger partial charge is 0.298 e. The molecule has 1 aliphatic carbocycles. The van der Waals surface area contributed by atoms with Crippen LogP contribution in [0, 0.1) is 0 Å². The number of carbonyl (C=O) groups is 1. The van der Waals surface area contributed by atoms with Crippen LogP contribution >= 0.6 is 0 Å². The highest BCUT2D eigenvalue weighted by atomic mass is 19.1. The van der Waals surface area contributed by atoms with Gasteiger partial charge in [-0.3, -0.25) is 4.79 Å². The van der Waals surface area contributed by atoms with Gasteiger partial charge in [-0.1, -0.05) is 6.08 Å². The normalized spacial score (nSPS) is 25.2. The van der Waals surface area contributed by atoms with Gasteiger partial charge in [-0.05, 0) is 6.08 Å². The van der Waals surface area contributed by atoms with Gasteiger partial charge in [-0.15, -0.1) is 0 Å². The molecule has 54 valence electrons. The van der Waals surface area contributed by atoms with Crippen LogP contribution in [0.3, 0.4) is 0 Å². The maximum atomic E-state index is 12.5. The Morgan fingerprint density at radius 3 is 2.80 bits per heavy atom. The van der Waals surface area contributed by atoms with E-state index in [2.05, 4.69) is 0 Å². The summed E-state index contributed by atoms with van der Waals surface area (Å²) in [6.45, 7) is 0. The number of alkyl halides is 1. The monoisotopic (exact) mass is 144 g/mol. The van der Waals surface area contributed by atoms with E-state index in [1.165, 1.54) is 0 Å². The predicted molar refractivity (Wildman–Crippen MR) is 32.9 cm³/mol. The maximum Gasteiger partial charge on any atom is 0.148 e. The fraction of sp³-hybridized carbons (Fsp3) is 0.286. The first-order valence-corrected chi connectivity index (χ1v) is 2.89. The van der Waals surface area contributed by atoms with E-state index >= 15 is 0 Å². The molecule has 0 saturated carbocycles. The first kappa shape index (κ1) is 7.12. The third-order valence-electron chi connectivity index (χ3n) is 1.33. The molecule has 0 radical (unpaired) electrons. The number of hydrogen-bond acceptors (Lipinski definition) is 1. The van der Waals surface area contributed by atoms with E-state index in [1.807, 2.05) is 0 Å². The van der Waals surface area contributed by atoms with Crippen LogP contribution in [0.1, 0.15) is 6.42 Å². The number of aldehydes is 1. The lowest BCUT2D eigenvalue weighted by atomic mass is 10.0. The van der Waals surface area contributed by atoms with Crippen LogP contribution in [0.4, 0.5) is 8.78 Å². The van der Waals surface area contributed by atoms with E-state index in [0.29, 0.717) is 6.29 Å². The average molecular weight is 144 g/mol. The van der Waals surface area contributed by atoms with Gasteiger partial charge < -0.3 is 0 Å². The molecule has 0 saturated heterocycles. The van der Waals surface area contributed by atoms with Crippen molar-refractivity contribution in [3.63, 3.8) is 0 Å². The number of allylic oxidation sites excluding steroid dienone is 4. The number of rotatable bonds is 1. The highest BCUT2D eigenvalue weighted by Gasteiger charge is 2.17. The molecule has 0 aromatic carbocycles. The van der Waals surface area contributed by atoms with Crippen molar-refractivity contribution in [1.29, 1.82) is 0 Å². The molecule has 0 aromatic heterocycles. The third-order valence-corrected chi connectivity index (χ3v) is 1.33. The smallest absolute Gasteiger partial charge is 0.148 e. The zero-order valence-corrected chi connectivity index (χ0v) is 5.18. The van der Waals surface area contributed by atoms with Gasteiger partial charge >= 0.3 is 0 Å². The predicted octanol–water partition coefficient (Wildman–Crippen LogP) is 1.71. The fourth-order valence-electron chi connectivity index (χ4n) is 0.761. The van der Waals surface area contributed by atoms with Gasteiger partial charge in [-0.2, -0.15) is 0 Å². The molecule has 0 fully saturated rings. The van der Waals surface area contributed by atoms with Crippen LogP contribution in [0.2, 0.25) is 0 Å². The molecule has 0 amide bonds. The summed E-state index contributed by atoms with van der Waals surface area (Å²) in [5.41, 5.74) is 0.0152. The molecule has 1 atom stereocenters. The second-order valence-electron chi connectivity index (χ2n) is 2.07. The van der Waals surface area contributed by atoms with Crippen LogP contribution in [0.15, 0.2) is 23.6 Å². The van der Waals surface area contributed by atoms with Crippen LogP contribution in [-0.4, -0.2) is 12.5 Å². The summed E-state index contributed by atoms with van der Waals surface area (Å²) >= 11 is 0. The van der Waals surface area contributed by atoms with E-state index in [1.54, 1.807) is 0 Å². The quantitative estimate of drug-likeness (QED) is 0.512. The van der Waals surface area contributed by atoms with Crippen molar-refractivity contribution in [2.24, 2.45) is 0 Å². The van der Waals surface area contributed by atoms with Gasteiger partial charge in [0.25, 0.3) is 0 Å². The summed E-state index contributed by atoms with van der Waals surface area (Å²) in [7, 11) is 0. The van der Waals surface area contributed by atoms with Crippen molar-refractivity contribution < 1.29 is 13.6 Å². The second kappa shape index (κ2) is 2.73. The molecule has 0 spiro atoms. The van der Waals surface area contributed by atoms with Gasteiger partial charge in [-0.25, -0.2) is 8.78 Å². The molecule has 1 rings (SSSR count). The zero-order valence-electron chi connectivity index (χ0n) is 5.18. The molecular formula is C7H6F2O. The van der Waals surface area contributed by atoms with E-state index in [-0.39, 0.29) is 12.0 Å². The summed E-state index contributed by atoms with van der Waals surface area (Å²) in [6, 6.07) is 0. The number of carbonyl (C=O) groups excluding carboxylic acids is 1. The molecule has 0 aliphatic heterocycles. The average Bonchev–Trinajstić information content (AvgIpc) is 1.88. The molecule has 0 N–H and O–H groups in total.